The van der Waals surface area contributed by atoms with Crippen LogP contribution in [0.2, 0.25) is 0 Å². The van der Waals surface area contributed by atoms with E-state index in [9.17, 15) is 14.3 Å². The topological polar surface area (TPSA) is 86.2 Å². The predicted molar refractivity (Wildman–Crippen MR) is 122 cm³/mol. The van der Waals surface area contributed by atoms with E-state index in [1.54, 1.807) is 24.3 Å². The van der Waals surface area contributed by atoms with E-state index in [4.69, 9.17) is 4.74 Å². The van der Waals surface area contributed by atoms with Crippen molar-refractivity contribution < 1.29 is 19.0 Å². The van der Waals surface area contributed by atoms with E-state index in [1.165, 1.54) is 24.4 Å². The number of hydrogen-bond acceptors (Lipinski definition) is 5. The third-order valence-corrected chi connectivity index (χ3v) is 4.40. The summed E-state index contributed by atoms with van der Waals surface area (Å²) in [7, 11) is 3.98. The van der Waals surface area contributed by atoms with E-state index in [-0.39, 0.29) is 18.2 Å². The average molecular weight is 436 g/mol. The third kappa shape index (κ3) is 7.10. The van der Waals surface area contributed by atoms with Gasteiger partial charge in [0.1, 0.15) is 23.9 Å². The lowest BCUT2D eigenvalue weighted by molar-refractivity contribution is 0.252. The molecule has 0 aromatic heterocycles. The molecule has 0 aliphatic rings. The summed E-state index contributed by atoms with van der Waals surface area (Å²) in [5.41, 5.74) is 5.35. The molecule has 0 saturated carbocycles. The highest BCUT2D eigenvalue weighted by Crippen LogP contribution is 2.23. The fraction of sp³-hybridized carbons (Fsp3) is 0.167. The molecule has 3 aromatic rings. The second-order valence-electron chi connectivity index (χ2n) is 7.39. The Bertz CT molecular complexity index is 1070. The van der Waals surface area contributed by atoms with Crippen molar-refractivity contribution >= 4 is 17.9 Å². The van der Waals surface area contributed by atoms with Crippen molar-refractivity contribution in [2.75, 3.05) is 19.4 Å². The van der Waals surface area contributed by atoms with Crippen molar-refractivity contribution in [2.24, 2.45) is 5.10 Å². The van der Waals surface area contributed by atoms with Gasteiger partial charge in [0.15, 0.2) is 0 Å². The number of halogens is 1. The zero-order valence-electron chi connectivity index (χ0n) is 17.9. The van der Waals surface area contributed by atoms with Gasteiger partial charge in [-0.05, 0) is 61.6 Å². The molecule has 3 rings (SSSR count). The molecule has 3 N–H and O–H groups in total. The predicted octanol–water partition coefficient (Wildman–Crippen LogP) is 4.33. The van der Waals surface area contributed by atoms with Crippen LogP contribution in [0.4, 0.5) is 14.9 Å². The van der Waals surface area contributed by atoms with Crippen LogP contribution < -0.4 is 15.5 Å². The normalized spacial score (nSPS) is 11.0. The number of amides is 2. The maximum atomic E-state index is 12.9. The van der Waals surface area contributed by atoms with Crippen molar-refractivity contribution in [1.82, 2.24) is 10.3 Å². The molecule has 3 aromatic carbocycles. The lowest BCUT2D eigenvalue weighted by Gasteiger charge is -2.10. The van der Waals surface area contributed by atoms with Crippen molar-refractivity contribution in [3.8, 4) is 11.5 Å². The Morgan fingerprint density at radius 2 is 1.75 bits per heavy atom. The largest absolute Gasteiger partial charge is 0.507 e. The number of nitrogens with one attached hydrogen (secondary N) is 2. The first-order chi connectivity index (χ1) is 15.4. The number of urea groups is 1. The first-order valence-corrected chi connectivity index (χ1v) is 9.93. The number of benzene rings is 3. The van der Waals surface area contributed by atoms with Crippen LogP contribution in [-0.4, -0.2) is 36.3 Å². The summed E-state index contributed by atoms with van der Waals surface area (Å²) in [5.74, 6) is 0.0895. The number of carbonyl (C=O) groups is 1. The number of hydrogen-bond donors (Lipinski definition) is 3. The molecule has 0 bridgehead atoms. The highest BCUT2D eigenvalue weighted by atomic mass is 19.1. The minimum absolute atomic E-state index is 0.0518. The van der Waals surface area contributed by atoms with E-state index >= 15 is 0 Å². The van der Waals surface area contributed by atoms with E-state index < -0.39 is 6.03 Å². The zero-order valence-corrected chi connectivity index (χ0v) is 17.9. The molecule has 7 nitrogen and oxygen atoms in total. The number of nitrogens with zero attached hydrogens (tertiary/aromatic N) is 2. The lowest BCUT2D eigenvalue weighted by Crippen LogP contribution is -2.24. The van der Waals surface area contributed by atoms with Gasteiger partial charge in [0.25, 0.3) is 0 Å². The molecule has 0 fully saturated rings. The minimum atomic E-state index is -0.500. The molecule has 0 aliphatic carbocycles. The summed E-state index contributed by atoms with van der Waals surface area (Å²) in [6.45, 7) is 1.06. The molecule has 0 heterocycles. The van der Waals surface area contributed by atoms with Gasteiger partial charge in [0.2, 0.25) is 0 Å². The van der Waals surface area contributed by atoms with Crippen LogP contribution in [0.5, 0.6) is 11.5 Å². The molecule has 8 heteroatoms. The quantitative estimate of drug-likeness (QED) is 0.362. The average Bonchev–Trinajstić information content (AvgIpc) is 2.76. The number of phenols is 1. The molecule has 0 saturated heterocycles. The molecule has 0 spiro atoms. The Labute approximate surface area is 186 Å². The summed E-state index contributed by atoms with van der Waals surface area (Å²) in [6.07, 6.45) is 1.33. The summed E-state index contributed by atoms with van der Waals surface area (Å²) in [6, 6.07) is 17.7. The van der Waals surface area contributed by atoms with Gasteiger partial charge < -0.3 is 20.1 Å². The second kappa shape index (κ2) is 10.9. The van der Waals surface area contributed by atoms with Crippen LogP contribution in [-0.2, 0) is 13.2 Å². The maximum absolute atomic E-state index is 12.9. The number of hydrazone groups is 1. The second-order valence-corrected chi connectivity index (χ2v) is 7.39. The Balaban J connectivity index is 1.49. The number of anilines is 1. The minimum Gasteiger partial charge on any atom is -0.507 e. The van der Waals surface area contributed by atoms with E-state index in [0.717, 1.165) is 17.7 Å². The summed E-state index contributed by atoms with van der Waals surface area (Å²) >= 11 is 0. The first-order valence-electron chi connectivity index (χ1n) is 9.93. The van der Waals surface area contributed by atoms with E-state index in [0.29, 0.717) is 17.0 Å². The molecule has 0 radical (unpaired) electrons. The van der Waals surface area contributed by atoms with Crippen LogP contribution in [0.3, 0.4) is 0 Å². The van der Waals surface area contributed by atoms with Crippen LogP contribution in [0.25, 0.3) is 0 Å². The summed E-state index contributed by atoms with van der Waals surface area (Å²) in [5, 5.41) is 16.7. The van der Waals surface area contributed by atoms with Gasteiger partial charge in [-0.15, -0.1) is 0 Å². The molecule has 32 heavy (non-hydrogen) atoms. The summed E-state index contributed by atoms with van der Waals surface area (Å²) in [4.78, 5) is 14.1. The lowest BCUT2D eigenvalue weighted by atomic mass is 10.2. The van der Waals surface area contributed by atoms with Crippen LogP contribution in [0.1, 0.15) is 16.7 Å². The van der Waals surface area contributed by atoms with Crippen LogP contribution in [0.15, 0.2) is 71.8 Å². The fourth-order valence-electron chi connectivity index (χ4n) is 2.85. The fourth-order valence-corrected chi connectivity index (χ4v) is 2.85. The van der Waals surface area contributed by atoms with Crippen molar-refractivity contribution in [1.29, 1.82) is 0 Å². The number of phenolic OH excluding ortho intramolecular Hbond substituents is 1. The van der Waals surface area contributed by atoms with Crippen molar-refractivity contribution in [2.45, 2.75) is 13.2 Å². The van der Waals surface area contributed by atoms with Gasteiger partial charge in [0, 0.05) is 23.9 Å². The highest BCUT2D eigenvalue weighted by molar-refractivity contribution is 5.90. The highest BCUT2D eigenvalue weighted by Gasteiger charge is 2.04. The number of rotatable bonds is 8. The molecule has 2 amide bonds. The molecule has 0 unspecified atom stereocenters. The van der Waals surface area contributed by atoms with Gasteiger partial charge in [-0.3, -0.25) is 0 Å². The van der Waals surface area contributed by atoms with Gasteiger partial charge in [0.05, 0.1) is 6.21 Å². The number of aromatic hydroxyl groups is 1. The van der Waals surface area contributed by atoms with Gasteiger partial charge in [-0.25, -0.2) is 14.6 Å². The van der Waals surface area contributed by atoms with Gasteiger partial charge >= 0.3 is 6.03 Å². The SMILES string of the molecule is CN(C)Cc1ccc(NC(=O)N/N=C/c2ccc(OCc3ccc(F)cc3)cc2O)cc1. The molecular weight excluding hydrogens is 411 g/mol. The summed E-state index contributed by atoms with van der Waals surface area (Å²) < 4.78 is 18.5. The monoisotopic (exact) mass is 436 g/mol. The van der Waals surface area contributed by atoms with Crippen LogP contribution >= 0.6 is 0 Å². The Morgan fingerprint density at radius 1 is 1.06 bits per heavy atom. The Hall–Kier alpha value is -3.91. The molecule has 0 aliphatic heterocycles. The van der Waals surface area contributed by atoms with E-state index in [2.05, 4.69) is 20.7 Å². The number of carbonyl (C=O) groups excluding carboxylic acids is 1. The van der Waals surface area contributed by atoms with Crippen LogP contribution in [0, 0.1) is 5.82 Å². The number of ether oxygens (including phenoxy) is 1. The van der Waals surface area contributed by atoms with Gasteiger partial charge in [-0.1, -0.05) is 24.3 Å². The molecule has 0 atom stereocenters. The third-order valence-electron chi connectivity index (χ3n) is 4.40. The Kier molecular flexibility index (Phi) is 7.77. The smallest absolute Gasteiger partial charge is 0.339 e. The van der Waals surface area contributed by atoms with Crippen molar-refractivity contribution in [3.63, 3.8) is 0 Å². The van der Waals surface area contributed by atoms with Crippen molar-refractivity contribution in [3.05, 3.63) is 89.2 Å². The first kappa shape index (κ1) is 22.8. The maximum Gasteiger partial charge on any atom is 0.339 e. The van der Waals surface area contributed by atoms with E-state index in [1.807, 2.05) is 38.4 Å². The van der Waals surface area contributed by atoms with Gasteiger partial charge in [-0.2, -0.15) is 5.10 Å². The zero-order chi connectivity index (χ0) is 22.9. The Morgan fingerprint density at radius 3 is 2.41 bits per heavy atom. The molecular formula is C24H25FN4O3. The molecule has 166 valence electrons. The standard InChI is InChI=1S/C24H25FN4O3/c1-29(2)15-17-5-10-21(11-6-17)27-24(31)28-26-14-19-7-12-22(13-23(19)30)32-16-18-3-8-20(25)9-4-18/h3-14,30H,15-16H2,1-2H3,(H2,27,28,31)/b26-14+.